The number of para-hydroxylation sites is 1. The van der Waals surface area contributed by atoms with E-state index < -0.39 is 5.91 Å². The molecule has 1 aliphatic rings. The fraction of sp³-hybridized carbons (Fsp3) is 0.0800. The van der Waals surface area contributed by atoms with Gasteiger partial charge in [-0.25, -0.2) is 0 Å². The lowest BCUT2D eigenvalue weighted by atomic mass is 10.1. The molecule has 7 heteroatoms. The highest BCUT2D eigenvalue weighted by molar-refractivity contribution is 8.19. The Kier molecular flexibility index (Phi) is 6.37. The van der Waals surface area contributed by atoms with E-state index in [4.69, 9.17) is 9.47 Å². The van der Waals surface area contributed by atoms with Crippen LogP contribution in [0.4, 0.5) is 5.69 Å². The molecular weight excluding hydrogens is 424 g/mol. The first-order valence-corrected chi connectivity index (χ1v) is 10.6. The summed E-state index contributed by atoms with van der Waals surface area (Å²) < 4.78 is 10.7. The van der Waals surface area contributed by atoms with Crippen LogP contribution < -0.4 is 14.4 Å². The molecule has 6 nitrogen and oxygen atoms in total. The number of hydrogen-bond acceptors (Lipinski definition) is 5. The van der Waals surface area contributed by atoms with Crippen LogP contribution in [0, 0.1) is 0 Å². The number of amidine groups is 1. The third kappa shape index (κ3) is 4.43. The van der Waals surface area contributed by atoms with Crippen molar-refractivity contribution >= 4 is 40.5 Å². The van der Waals surface area contributed by atoms with E-state index in [0.717, 1.165) is 11.8 Å². The minimum atomic E-state index is -0.415. The summed E-state index contributed by atoms with van der Waals surface area (Å²) in [6, 6.07) is 23.2. The highest BCUT2D eigenvalue weighted by atomic mass is 32.2. The Labute approximate surface area is 190 Å². The molecule has 0 unspecified atom stereocenters. The maximum absolute atomic E-state index is 13.4. The first kappa shape index (κ1) is 21.4. The maximum Gasteiger partial charge on any atom is 0.279 e. The Hall–Kier alpha value is -3.84. The van der Waals surface area contributed by atoms with Gasteiger partial charge in [-0.1, -0.05) is 36.4 Å². The topological polar surface area (TPSA) is 68.2 Å². The zero-order valence-corrected chi connectivity index (χ0v) is 18.3. The predicted octanol–water partition coefficient (Wildman–Crippen LogP) is 5.02. The number of thioether (sulfide) groups is 1. The minimum absolute atomic E-state index is 0.273. The maximum atomic E-state index is 13.4. The van der Waals surface area contributed by atoms with Crippen LogP contribution in [0.5, 0.6) is 11.5 Å². The van der Waals surface area contributed by atoms with Crippen molar-refractivity contribution in [2.75, 3.05) is 19.1 Å². The quantitative estimate of drug-likeness (QED) is 0.517. The molecule has 160 valence electrons. The van der Waals surface area contributed by atoms with Gasteiger partial charge in [-0.3, -0.25) is 14.5 Å². The van der Waals surface area contributed by atoms with Crippen LogP contribution in [0.15, 0.2) is 88.8 Å². The van der Waals surface area contributed by atoms with Crippen LogP contribution in [0.1, 0.15) is 15.9 Å². The van der Waals surface area contributed by atoms with Gasteiger partial charge in [0.1, 0.15) is 11.5 Å². The molecule has 1 saturated heterocycles. The van der Waals surface area contributed by atoms with E-state index in [1.54, 1.807) is 74.9 Å². The molecule has 32 heavy (non-hydrogen) atoms. The van der Waals surface area contributed by atoms with E-state index >= 15 is 0 Å². The molecular formula is C25H20N2O4S. The van der Waals surface area contributed by atoms with Crippen molar-refractivity contribution in [2.24, 2.45) is 4.99 Å². The summed E-state index contributed by atoms with van der Waals surface area (Å²) in [4.78, 5) is 32.2. The van der Waals surface area contributed by atoms with Gasteiger partial charge >= 0.3 is 0 Å². The second-order valence-electron chi connectivity index (χ2n) is 6.76. The van der Waals surface area contributed by atoms with Crippen molar-refractivity contribution in [1.82, 2.24) is 0 Å². The molecule has 0 N–H and O–H groups in total. The fourth-order valence-electron chi connectivity index (χ4n) is 3.18. The van der Waals surface area contributed by atoms with Crippen molar-refractivity contribution < 1.29 is 19.1 Å². The Bertz CT molecular complexity index is 1210. The molecule has 3 aromatic carbocycles. The first-order chi connectivity index (χ1) is 15.6. The van der Waals surface area contributed by atoms with Crippen LogP contribution >= 0.6 is 11.8 Å². The smallest absolute Gasteiger partial charge is 0.279 e. The molecule has 1 fully saturated rings. The Morgan fingerprint density at radius 2 is 1.62 bits per heavy atom. The molecule has 1 heterocycles. The summed E-state index contributed by atoms with van der Waals surface area (Å²) in [6.07, 6.45) is 1.72. The number of hydrogen-bond donors (Lipinski definition) is 0. The van der Waals surface area contributed by atoms with Crippen LogP contribution in [-0.4, -0.2) is 31.2 Å². The number of nitrogens with zero attached hydrogens (tertiary/aromatic N) is 2. The molecule has 2 amide bonds. The first-order valence-electron chi connectivity index (χ1n) is 9.80. The molecule has 0 saturated carbocycles. The van der Waals surface area contributed by atoms with Crippen LogP contribution in [0.3, 0.4) is 0 Å². The Balaban J connectivity index is 1.77. The van der Waals surface area contributed by atoms with Crippen molar-refractivity contribution in [3.8, 4) is 11.5 Å². The van der Waals surface area contributed by atoms with Crippen molar-refractivity contribution in [3.63, 3.8) is 0 Å². The lowest BCUT2D eigenvalue weighted by Crippen LogP contribution is -2.29. The number of aliphatic imine (C=N–C) groups is 1. The number of methoxy groups -OCH3 is 2. The van der Waals surface area contributed by atoms with Gasteiger partial charge in [0.25, 0.3) is 11.8 Å². The Morgan fingerprint density at radius 3 is 2.28 bits per heavy atom. The van der Waals surface area contributed by atoms with E-state index in [1.165, 1.54) is 4.90 Å². The summed E-state index contributed by atoms with van der Waals surface area (Å²) in [5.74, 6) is 0.553. The molecule has 1 aliphatic heterocycles. The molecule has 0 spiro atoms. The highest BCUT2D eigenvalue weighted by Gasteiger charge is 2.35. The molecule has 0 bridgehead atoms. The third-order valence-corrected chi connectivity index (χ3v) is 5.73. The molecule has 0 aliphatic carbocycles. The van der Waals surface area contributed by atoms with E-state index in [2.05, 4.69) is 4.99 Å². The van der Waals surface area contributed by atoms with Crippen molar-refractivity contribution in [3.05, 3.63) is 94.9 Å². The number of carbonyl (C=O) groups excluding carboxylic acids is 2. The molecule has 0 aromatic heterocycles. The van der Waals surface area contributed by atoms with Crippen molar-refractivity contribution in [2.45, 2.75) is 0 Å². The minimum Gasteiger partial charge on any atom is -0.497 e. The second kappa shape index (κ2) is 9.53. The highest BCUT2D eigenvalue weighted by Crippen LogP contribution is 2.38. The van der Waals surface area contributed by atoms with Gasteiger partial charge < -0.3 is 9.47 Å². The summed E-state index contributed by atoms with van der Waals surface area (Å²) in [7, 11) is 3.14. The summed E-state index contributed by atoms with van der Waals surface area (Å²) in [6.45, 7) is 0. The van der Waals surface area contributed by atoms with Gasteiger partial charge in [0.15, 0.2) is 5.17 Å². The van der Waals surface area contributed by atoms with Crippen LogP contribution in [-0.2, 0) is 4.79 Å². The van der Waals surface area contributed by atoms with Gasteiger partial charge in [0.05, 0.1) is 24.8 Å². The largest absolute Gasteiger partial charge is 0.497 e. The normalized spacial score (nSPS) is 15.9. The second-order valence-corrected chi connectivity index (χ2v) is 7.77. The van der Waals surface area contributed by atoms with Gasteiger partial charge in [-0.2, -0.15) is 4.99 Å². The van der Waals surface area contributed by atoms with Gasteiger partial charge in [0, 0.05) is 11.1 Å². The lowest BCUT2D eigenvalue weighted by molar-refractivity contribution is -0.113. The van der Waals surface area contributed by atoms with E-state index in [0.29, 0.717) is 38.4 Å². The average Bonchev–Trinajstić information content (AvgIpc) is 3.14. The summed E-state index contributed by atoms with van der Waals surface area (Å²) >= 11 is 1.14. The number of amides is 2. The summed E-state index contributed by atoms with van der Waals surface area (Å²) in [5, 5.41) is 0.295. The van der Waals surface area contributed by atoms with E-state index in [1.807, 2.05) is 24.3 Å². The number of ether oxygens (including phenoxy) is 2. The monoisotopic (exact) mass is 444 g/mol. The van der Waals surface area contributed by atoms with E-state index in [-0.39, 0.29) is 5.91 Å². The molecule has 0 atom stereocenters. The lowest BCUT2D eigenvalue weighted by Gasteiger charge is -2.15. The number of anilines is 1. The third-order valence-electron chi connectivity index (χ3n) is 4.76. The van der Waals surface area contributed by atoms with Crippen molar-refractivity contribution in [1.29, 1.82) is 0 Å². The zero-order chi connectivity index (χ0) is 22.5. The number of carbonyl (C=O) groups is 2. The average molecular weight is 445 g/mol. The van der Waals surface area contributed by atoms with Gasteiger partial charge in [-0.05, 0) is 60.3 Å². The van der Waals surface area contributed by atoms with E-state index in [9.17, 15) is 9.59 Å². The van der Waals surface area contributed by atoms with Gasteiger partial charge in [-0.15, -0.1) is 0 Å². The molecule has 4 rings (SSSR count). The zero-order valence-electron chi connectivity index (χ0n) is 17.5. The molecule has 3 aromatic rings. The van der Waals surface area contributed by atoms with Crippen LogP contribution in [0.2, 0.25) is 0 Å². The SMILES string of the molecule is COc1ccc(OC)c(C=C2SC(=NC(=O)c3ccccc3)N(c3ccccc3)C2=O)c1. The molecule has 0 radical (unpaired) electrons. The van der Waals surface area contributed by atoms with Gasteiger partial charge in [0.2, 0.25) is 0 Å². The number of rotatable bonds is 5. The predicted molar refractivity (Wildman–Crippen MR) is 127 cm³/mol. The summed E-state index contributed by atoms with van der Waals surface area (Å²) in [5.41, 5.74) is 1.77. The Morgan fingerprint density at radius 1 is 0.938 bits per heavy atom. The van der Waals surface area contributed by atoms with Crippen LogP contribution in [0.25, 0.3) is 6.08 Å². The fourth-order valence-corrected chi connectivity index (χ4v) is 4.15. The standard InChI is InChI=1S/C25H20N2O4S/c1-30-20-13-14-21(31-2)18(15-20)16-22-24(29)27(19-11-7-4-8-12-19)25(32-22)26-23(28)17-9-5-3-6-10-17/h3-16H,1-2H3. The number of benzene rings is 3.